The Labute approximate surface area is 199 Å². The van der Waals surface area contributed by atoms with E-state index in [1.807, 2.05) is 0 Å². The average molecular weight is 481 g/mol. The molecule has 2 aromatic heterocycles. The maximum absolute atomic E-state index is 13.3. The number of carbonyl (C=O) groups is 1. The van der Waals surface area contributed by atoms with Crippen molar-refractivity contribution in [3.05, 3.63) is 64.6 Å². The first-order valence-corrected chi connectivity index (χ1v) is 10.7. The topological polar surface area (TPSA) is 110 Å². The fourth-order valence-electron chi connectivity index (χ4n) is 3.73. The van der Waals surface area contributed by atoms with Crippen molar-refractivity contribution in [2.75, 3.05) is 26.6 Å². The van der Waals surface area contributed by atoms with Gasteiger partial charge in [-0.25, -0.2) is 14.1 Å². The summed E-state index contributed by atoms with van der Waals surface area (Å²) in [6, 6.07) is 8.96. The molecule has 4 aromatic rings. The van der Waals surface area contributed by atoms with Gasteiger partial charge in [-0.3, -0.25) is 14.2 Å². The smallest absolute Gasteiger partial charge is 0.264 e. The van der Waals surface area contributed by atoms with Crippen LogP contribution in [0, 0.1) is 12.7 Å². The quantitative estimate of drug-likeness (QED) is 0.412. The molecule has 0 bridgehead atoms. The molecule has 0 aliphatic heterocycles. The number of hydrogen-bond acceptors (Lipinski definition) is 7. The fourth-order valence-corrected chi connectivity index (χ4v) is 3.73. The lowest BCUT2D eigenvalue weighted by Gasteiger charge is -2.15. The van der Waals surface area contributed by atoms with Crippen molar-refractivity contribution in [2.24, 2.45) is 0 Å². The molecule has 11 heteroatoms. The number of halogens is 1. The standard InChI is InChI=1S/C24H24FN5O5/c1-14-27-23-18(13-26-30(23)17-7-5-15(25)6-8-17)24(32)29(14)10-9-21(31)28-16-11-19(33-2)22(35-4)20(12-16)34-3/h5-8,11-13H,9-10H2,1-4H3,(H,28,31). The molecule has 0 aliphatic rings. The first-order valence-electron chi connectivity index (χ1n) is 10.7. The van der Waals surface area contributed by atoms with Gasteiger partial charge in [0, 0.05) is 30.8 Å². The second kappa shape index (κ2) is 9.84. The van der Waals surface area contributed by atoms with Gasteiger partial charge in [-0.05, 0) is 31.2 Å². The van der Waals surface area contributed by atoms with Crippen LogP contribution in [0.15, 0.2) is 47.4 Å². The molecule has 182 valence electrons. The van der Waals surface area contributed by atoms with Crippen LogP contribution in [0.25, 0.3) is 16.7 Å². The highest BCUT2D eigenvalue weighted by Crippen LogP contribution is 2.39. The Hall–Kier alpha value is -4.41. The lowest BCUT2D eigenvalue weighted by Crippen LogP contribution is -2.26. The van der Waals surface area contributed by atoms with E-state index >= 15 is 0 Å². The summed E-state index contributed by atoms with van der Waals surface area (Å²) < 4.78 is 32.1. The number of fused-ring (bicyclic) bond motifs is 1. The molecule has 0 aliphatic carbocycles. The van der Waals surface area contributed by atoms with Crippen molar-refractivity contribution in [3.8, 4) is 22.9 Å². The second-order valence-electron chi connectivity index (χ2n) is 7.60. The van der Waals surface area contributed by atoms with Gasteiger partial charge in [0.2, 0.25) is 11.7 Å². The maximum Gasteiger partial charge on any atom is 0.264 e. The van der Waals surface area contributed by atoms with Gasteiger partial charge < -0.3 is 19.5 Å². The number of nitrogens with zero attached hydrogens (tertiary/aromatic N) is 4. The highest BCUT2D eigenvalue weighted by molar-refractivity contribution is 5.91. The average Bonchev–Trinajstić information content (AvgIpc) is 3.27. The minimum Gasteiger partial charge on any atom is -0.493 e. The number of methoxy groups -OCH3 is 3. The van der Waals surface area contributed by atoms with Crippen molar-refractivity contribution >= 4 is 22.6 Å². The van der Waals surface area contributed by atoms with Gasteiger partial charge in [0.05, 0.1) is 33.2 Å². The molecule has 0 saturated heterocycles. The zero-order chi connectivity index (χ0) is 25.1. The molecule has 2 aromatic carbocycles. The third-order valence-corrected chi connectivity index (χ3v) is 5.46. The molecule has 10 nitrogen and oxygen atoms in total. The molecule has 0 radical (unpaired) electrons. The minimum absolute atomic E-state index is 0.0245. The van der Waals surface area contributed by atoms with Crippen LogP contribution in [0.4, 0.5) is 10.1 Å². The Morgan fingerprint density at radius 2 is 1.71 bits per heavy atom. The van der Waals surface area contributed by atoms with E-state index in [0.717, 1.165) is 0 Å². The summed E-state index contributed by atoms with van der Waals surface area (Å²) in [5, 5.41) is 7.32. The fraction of sp³-hybridized carbons (Fsp3) is 0.250. The Morgan fingerprint density at radius 3 is 2.31 bits per heavy atom. The number of ether oxygens (including phenoxy) is 3. The summed E-state index contributed by atoms with van der Waals surface area (Å²) in [5.74, 6) is 0.959. The van der Waals surface area contributed by atoms with E-state index in [9.17, 15) is 14.0 Å². The van der Waals surface area contributed by atoms with Crippen LogP contribution in [0.2, 0.25) is 0 Å². The highest BCUT2D eigenvalue weighted by atomic mass is 19.1. The third-order valence-electron chi connectivity index (χ3n) is 5.46. The summed E-state index contributed by atoms with van der Waals surface area (Å²) in [7, 11) is 4.46. The SMILES string of the molecule is COc1cc(NC(=O)CCn2c(C)nc3c(cnn3-c3ccc(F)cc3)c2=O)cc(OC)c1OC. The van der Waals surface area contributed by atoms with E-state index in [2.05, 4.69) is 15.4 Å². The normalized spacial score (nSPS) is 10.9. The van der Waals surface area contributed by atoms with E-state index in [4.69, 9.17) is 14.2 Å². The highest BCUT2D eigenvalue weighted by Gasteiger charge is 2.17. The summed E-state index contributed by atoms with van der Waals surface area (Å²) in [5.41, 5.74) is 1.08. The molecule has 1 N–H and O–H groups in total. The Bertz CT molecular complexity index is 1420. The van der Waals surface area contributed by atoms with E-state index in [0.29, 0.717) is 45.5 Å². The molecule has 0 spiro atoms. The number of amides is 1. The van der Waals surface area contributed by atoms with Gasteiger partial charge in [0.25, 0.3) is 5.56 Å². The predicted molar refractivity (Wildman–Crippen MR) is 127 cm³/mol. The molecule has 2 heterocycles. The second-order valence-corrected chi connectivity index (χ2v) is 7.60. The molecule has 0 fully saturated rings. The van der Waals surface area contributed by atoms with E-state index in [1.165, 1.54) is 48.9 Å². The number of aryl methyl sites for hydroxylation is 1. The van der Waals surface area contributed by atoms with Gasteiger partial charge >= 0.3 is 0 Å². The largest absolute Gasteiger partial charge is 0.493 e. The molecule has 1 amide bonds. The van der Waals surface area contributed by atoms with E-state index < -0.39 is 0 Å². The maximum atomic E-state index is 13.3. The first-order chi connectivity index (χ1) is 16.9. The monoisotopic (exact) mass is 481 g/mol. The lowest BCUT2D eigenvalue weighted by molar-refractivity contribution is -0.116. The summed E-state index contributed by atoms with van der Waals surface area (Å²) >= 11 is 0. The number of anilines is 1. The molecular formula is C24H24FN5O5. The van der Waals surface area contributed by atoms with Crippen LogP contribution >= 0.6 is 0 Å². The molecule has 0 atom stereocenters. The summed E-state index contributed by atoms with van der Waals surface area (Å²) in [4.78, 5) is 30.2. The lowest BCUT2D eigenvalue weighted by atomic mass is 10.2. The van der Waals surface area contributed by atoms with Gasteiger partial charge in [-0.15, -0.1) is 0 Å². The minimum atomic E-state index is -0.374. The van der Waals surface area contributed by atoms with Crippen LogP contribution in [-0.2, 0) is 11.3 Å². The van der Waals surface area contributed by atoms with Gasteiger partial charge in [-0.1, -0.05) is 0 Å². The first kappa shape index (κ1) is 23.7. The molecular weight excluding hydrogens is 457 g/mol. The van der Waals surface area contributed by atoms with Crippen LogP contribution in [0.5, 0.6) is 17.2 Å². The number of hydrogen-bond donors (Lipinski definition) is 1. The predicted octanol–water partition coefficient (Wildman–Crippen LogP) is 3.08. The number of aromatic nitrogens is 4. The number of carbonyl (C=O) groups excluding carboxylic acids is 1. The van der Waals surface area contributed by atoms with E-state index in [-0.39, 0.29) is 30.2 Å². The van der Waals surface area contributed by atoms with Crippen molar-refractivity contribution in [3.63, 3.8) is 0 Å². The number of benzene rings is 2. The van der Waals surface area contributed by atoms with Crippen LogP contribution < -0.4 is 25.1 Å². The van der Waals surface area contributed by atoms with Gasteiger partial charge in [-0.2, -0.15) is 5.10 Å². The zero-order valence-electron chi connectivity index (χ0n) is 19.7. The zero-order valence-corrected chi connectivity index (χ0v) is 19.7. The molecule has 0 unspecified atom stereocenters. The van der Waals surface area contributed by atoms with Crippen LogP contribution in [-0.4, -0.2) is 46.6 Å². The van der Waals surface area contributed by atoms with Crippen molar-refractivity contribution < 1.29 is 23.4 Å². The Morgan fingerprint density at radius 1 is 1.06 bits per heavy atom. The van der Waals surface area contributed by atoms with E-state index in [1.54, 1.807) is 31.2 Å². The van der Waals surface area contributed by atoms with Gasteiger partial charge in [0.15, 0.2) is 17.1 Å². The third kappa shape index (κ3) is 4.65. The van der Waals surface area contributed by atoms with Crippen molar-refractivity contribution in [1.82, 2.24) is 19.3 Å². The summed E-state index contributed by atoms with van der Waals surface area (Å²) in [6.45, 7) is 1.80. The van der Waals surface area contributed by atoms with Crippen molar-refractivity contribution in [2.45, 2.75) is 19.9 Å². The Balaban J connectivity index is 1.54. The van der Waals surface area contributed by atoms with Crippen LogP contribution in [0.3, 0.4) is 0 Å². The summed E-state index contributed by atoms with van der Waals surface area (Å²) in [6.07, 6.45) is 1.44. The molecule has 35 heavy (non-hydrogen) atoms. The number of nitrogens with one attached hydrogen (secondary N) is 1. The van der Waals surface area contributed by atoms with Crippen LogP contribution in [0.1, 0.15) is 12.2 Å². The van der Waals surface area contributed by atoms with Crippen molar-refractivity contribution in [1.29, 1.82) is 0 Å². The molecule has 0 saturated carbocycles. The molecule has 4 rings (SSSR count). The Kier molecular flexibility index (Phi) is 6.67. The van der Waals surface area contributed by atoms with Gasteiger partial charge in [0.1, 0.15) is 17.0 Å². The number of rotatable bonds is 8.